The Morgan fingerprint density at radius 2 is 2.24 bits per heavy atom. The number of aliphatic hydroxyl groups is 1. The van der Waals surface area contributed by atoms with E-state index in [1.54, 1.807) is 0 Å². The third-order valence-electron chi connectivity index (χ3n) is 2.17. The molecule has 1 rings (SSSR count). The molecule has 6 nitrogen and oxygen atoms in total. The van der Waals surface area contributed by atoms with Crippen LogP contribution in [0.4, 0.5) is 5.69 Å². The summed E-state index contributed by atoms with van der Waals surface area (Å²) in [6, 6.07) is 3.84. The number of rotatable bonds is 4. The number of carbonyl (C=O) groups is 1. The predicted octanol–water partition coefficient (Wildman–Crippen LogP) is 1.31. The lowest BCUT2D eigenvalue weighted by Gasteiger charge is -2.15. The molecule has 0 aliphatic rings. The molecule has 0 aliphatic heterocycles. The molecule has 1 aromatic rings. The summed E-state index contributed by atoms with van der Waals surface area (Å²) in [5.41, 5.74) is -0.146. The first-order valence-corrected chi connectivity index (χ1v) is 5.15. The molecular formula is C10H11ClN2O4. The Bertz CT molecular complexity index is 450. The number of carbonyl (C=O) groups excluding carboxylic acids is 1. The van der Waals surface area contributed by atoms with E-state index < -0.39 is 10.8 Å². The van der Waals surface area contributed by atoms with Crippen LogP contribution >= 0.6 is 11.6 Å². The maximum absolute atomic E-state index is 11.8. The SMILES string of the molecule is CN(CCO)C(=O)c1ccc(Cl)c([N+](=O)[O-])c1. The van der Waals surface area contributed by atoms with E-state index in [1.807, 2.05) is 0 Å². The molecule has 0 atom stereocenters. The van der Waals surface area contributed by atoms with Gasteiger partial charge in [0.25, 0.3) is 11.6 Å². The zero-order chi connectivity index (χ0) is 13.0. The molecule has 92 valence electrons. The van der Waals surface area contributed by atoms with Crippen LogP contribution in [-0.2, 0) is 0 Å². The topological polar surface area (TPSA) is 83.7 Å². The van der Waals surface area contributed by atoms with E-state index in [0.717, 1.165) is 6.07 Å². The van der Waals surface area contributed by atoms with Gasteiger partial charge in [0.2, 0.25) is 0 Å². The fraction of sp³-hybridized carbons (Fsp3) is 0.300. The fourth-order valence-corrected chi connectivity index (χ4v) is 1.44. The van der Waals surface area contributed by atoms with E-state index in [-0.39, 0.29) is 29.4 Å². The molecule has 17 heavy (non-hydrogen) atoms. The van der Waals surface area contributed by atoms with Gasteiger partial charge in [-0.05, 0) is 12.1 Å². The number of likely N-dealkylation sites (N-methyl/N-ethyl adjacent to an activating group) is 1. The largest absolute Gasteiger partial charge is 0.395 e. The van der Waals surface area contributed by atoms with Gasteiger partial charge in [0.15, 0.2) is 0 Å². The molecule has 7 heteroatoms. The van der Waals surface area contributed by atoms with Gasteiger partial charge in [0.1, 0.15) is 5.02 Å². The lowest BCUT2D eigenvalue weighted by molar-refractivity contribution is -0.384. The summed E-state index contributed by atoms with van der Waals surface area (Å²) in [7, 11) is 1.50. The molecule has 0 saturated heterocycles. The Kier molecular flexibility index (Phi) is 4.42. The standard InChI is InChI=1S/C10H11ClN2O4/c1-12(4-5-14)10(15)7-2-3-8(11)9(6-7)13(16)17/h2-3,6,14H,4-5H2,1H3. The quantitative estimate of drug-likeness (QED) is 0.652. The highest BCUT2D eigenvalue weighted by Crippen LogP contribution is 2.25. The number of aliphatic hydroxyl groups excluding tert-OH is 1. The Balaban J connectivity index is 3.03. The number of hydrogen-bond donors (Lipinski definition) is 1. The Morgan fingerprint density at radius 1 is 1.59 bits per heavy atom. The molecule has 1 aromatic carbocycles. The third-order valence-corrected chi connectivity index (χ3v) is 2.49. The van der Waals surface area contributed by atoms with Crippen molar-refractivity contribution in [2.45, 2.75) is 0 Å². The van der Waals surface area contributed by atoms with Crippen LogP contribution in [0.2, 0.25) is 5.02 Å². The highest BCUT2D eigenvalue weighted by Gasteiger charge is 2.18. The van der Waals surface area contributed by atoms with E-state index in [1.165, 1.54) is 24.1 Å². The smallest absolute Gasteiger partial charge is 0.288 e. The summed E-state index contributed by atoms with van der Waals surface area (Å²) in [5, 5.41) is 19.3. The van der Waals surface area contributed by atoms with Crippen LogP contribution in [-0.4, -0.2) is 41.0 Å². The minimum absolute atomic E-state index is 0.0173. The van der Waals surface area contributed by atoms with E-state index in [0.29, 0.717) is 0 Å². The van der Waals surface area contributed by atoms with Crippen molar-refractivity contribution < 1.29 is 14.8 Å². The van der Waals surface area contributed by atoms with Gasteiger partial charge in [-0.15, -0.1) is 0 Å². The summed E-state index contributed by atoms with van der Waals surface area (Å²) in [6.07, 6.45) is 0. The van der Waals surface area contributed by atoms with Crippen molar-refractivity contribution in [1.29, 1.82) is 0 Å². The minimum Gasteiger partial charge on any atom is -0.395 e. The van der Waals surface area contributed by atoms with Gasteiger partial charge in [-0.1, -0.05) is 11.6 Å². The normalized spacial score (nSPS) is 10.1. The molecular weight excluding hydrogens is 248 g/mol. The average molecular weight is 259 g/mol. The molecule has 0 heterocycles. The van der Waals surface area contributed by atoms with Crippen molar-refractivity contribution in [1.82, 2.24) is 4.90 Å². The molecule has 0 aromatic heterocycles. The molecule has 1 N–H and O–H groups in total. The van der Waals surface area contributed by atoms with Crippen LogP contribution < -0.4 is 0 Å². The molecule has 0 unspecified atom stereocenters. The summed E-state index contributed by atoms with van der Waals surface area (Å²) < 4.78 is 0. The number of nitrogens with zero attached hydrogens (tertiary/aromatic N) is 2. The Hall–Kier alpha value is -1.66. The second kappa shape index (κ2) is 5.60. The van der Waals surface area contributed by atoms with E-state index in [4.69, 9.17) is 16.7 Å². The van der Waals surface area contributed by atoms with Crippen molar-refractivity contribution in [3.8, 4) is 0 Å². The number of halogens is 1. The second-order valence-electron chi connectivity index (χ2n) is 3.37. The van der Waals surface area contributed by atoms with Crippen LogP contribution in [0.15, 0.2) is 18.2 Å². The monoisotopic (exact) mass is 258 g/mol. The number of benzene rings is 1. The van der Waals surface area contributed by atoms with Crippen LogP contribution in [0, 0.1) is 10.1 Å². The predicted molar refractivity (Wildman–Crippen MR) is 62.2 cm³/mol. The van der Waals surface area contributed by atoms with Crippen molar-refractivity contribution in [3.05, 3.63) is 38.9 Å². The lowest BCUT2D eigenvalue weighted by atomic mass is 10.2. The van der Waals surface area contributed by atoms with Crippen LogP contribution in [0.25, 0.3) is 0 Å². The van der Waals surface area contributed by atoms with Gasteiger partial charge in [0, 0.05) is 25.2 Å². The molecule has 0 aliphatic carbocycles. The summed E-state index contributed by atoms with van der Waals surface area (Å²) >= 11 is 5.63. The fourth-order valence-electron chi connectivity index (χ4n) is 1.26. The summed E-state index contributed by atoms with van der Waals surface area (Å²) in [4.78, 5) is 23.0. The minimum atomic E-state index is -0.648. The van der Waals surface area contributed by atoms with Crippen LogP contribution in [0.3, 0.4) is 0 Å². The van der Waals surface area contributed by atoms with E-state index >= 15 is 0 Å². The number of nitro benzene ring substituents is 1. The average Bonchev–Trinajstić information content (AvgIpc) is 2.28. The molecule has 0 fully saturated rings. The summed E-state index contributed by atoms with van der Waals surface area (Å²) in [6.45, 7) is -0.00677. The van der Waals surface area contributed by atoms with E-state index in [9.17, 15) is 14.9 Å². The van der Waals surface area contributed by atoms with Crippen molar-refractivity contribution in [2.75, 3.05) is 20.2 Å². The number of nitro groups is 1. The highest BCUT2D eigenvalue weighted by molar-refractivity contribution is 6.32. The number of hydrogen-bond acceptors (Lipinski definition) is 4. The Labute approximate surface area is 103 Å². The van der Waals surface area contributed by atoms with Gasteiger partial charge in [-0.2, -0.15) is 0 Å². The summed E-state index contributed by atoms with van der Waals surface area (Å²) in [5.74, 6) is -0.404. The first-order valence-electron chi connectivity index (χ1n) is 4.77. The Morgan fingerprint density at radius 3 is 2.76 bits per heavy atom. The molecule has 0 spiro atoms. The van der Waals surface area contributed by atoms with Crippen molar-refractivity contribution in [3.63, 3.8) is 0 Å². The first kappa shape index (κ1) is 13.4. The van der Waals surface area contributed by atoms with Crippen molar-refractivity contribution in [2.24, 2.45) is 0 Å². The molecule has 0 bridgehead atoms. The first-order chi connectivity index (χ1) is 7.97. The van der Waals surface area contributed by atoms with Crippen LogP contribution in [0.1, 0.15) is 10.4 Å². The lowest BCUT2D eigenvalue weighted by Crippen LogP contribution is -2.29. The molecule has 0 radical (unpaired) electrons. The van der Waals surface area contributed by atoms with Gasteiger partial charge in [-0.3, -0.25) is 14.9 Å². The molecule has 1 amide bonds. The van der Waals surface area contributed by atoms with Gasteiger partial charge in [0.05, 0.1) is 11.5 Å². The second-order valence-corrected chi connectivity index (χ2v) is 3.78. The van der Waals surface area contributed by atoms with Crippen LogP contribution in [0.5, 0.6) is 0 Å². The van der Waals surface area contributed by atoms with E-state index in [2.05, 4.69) is 0 Å². The van der Waals surface area contributed by atoms with Crippen molar-refractivity contribution >= 4 is 23.2 Å². The van der Waals surface area contributed by atoms with Gasteiger partial charge < -0.3 is 10.0 Å². The zero-order valence-corrected chi connectivity index (χ0v) is 9.85. The third kappa shape index (κ3) is 3.15. The molecule has 0 saturated carbocycles. The maximum Gasteiger partial charge on any atom is 0.288 e. The highest BCUT2D eigenvalue weighted by atomic mass is 35.5. The number of amides is 1. The van der Waals surface area contributed by atoms with Gasteiger partial charge >= 0.3 is 0 Å². The maximum atomic E-state index is 11.8. The van der Waals surface area contributed by atoms with Gasteiger partial charge in [-0.25, -0.2) is 0 Å². The zero-order valence-electron chi connectivity index (χ0n) is 9.09.